The molecule has 0 saturated carbocycles. The molecule has 11 aromatic carbocycles. The van der Waals surface area contributed by atoms with E-state index in [1.165, 1.54) is 83.9 Å². The van der Waals surface area contributed by atoms with Crippen molar-refractivity contribution in [2.75, 3.05) is 30.9 Å². The van der Waals surface area contributed by atoms with E-state index in [0.29, 0.717) is 11.3 Å². The van der Waals surface area contributed by atoms with Crippen LogP contribution in [0, 0.1) is 63.2 Å². The summed E-state index contributed by atoms with van der Waals surface area (Å²) in [5.74, 6) is -0.295. The van der Waals surface area contributed by atoms with Gasteiger partial charge in [0.15, 0.2) is 5.69 Å². The number of fused-ring (bicyclic) bond motifs is 30. The average molecular weight is 2260 g/mol. The van der Waals surface area contributed by atoms with Crippen molar-refractivity contribution in [2.24, 2.45) is 0 Å². The standard InChI is InChI=1S/C21H11N4.C17H14N3.C16H12N3.C16H12N2.C14H7FN3.5Ir/c1-22-15-7-4-6-14(12-15)16-9-5-10-18-20(16)17-8-2-3-11-19(17)25-13-23-24-21(18)25;1-19(2)12-7-8-16-15(11-12)13-5-3-4-6-14(13)17-18-9-10-20(16)17;1-10-7-8-11(2)15-14(10)12-5-3-4-6-13(12)16-18-17-9-19(15)16;1-17-10-16-14-8-3-2-6-12(14)13-7-4-5-9-15(13)18(16)11-17;15-9-5-6-11-12(7-9)10-3-1-2-4-13(10)18-8-16-17-14(11)18;;;;;/h2-9,11-13H;3-5,7-11H,1-2H3;3-5,7-9H,1-2H3;2-8,10-11H,1H3;1-5,7-8H;;;;;/q3*-1;-2;-1;;;;;. The fourth-order valence-electron chi connectivity index (χ4n) is 14.1. The van der Waals surface area contributed by atoms with Crippen LogP contribution in [-0.4, -0.2) is 79.2 Å². The molecular formula is C84H56FIr5N15-6. The van der Waals surface area contributed by atoms with Crippen LogP contribution in [0.3, 0.4) is 0 Å². The first-order valence-corrected chi connectivity index (χ1v) is 32.4. The van der Waals surface area contributed by atoms with E-state index in [0.717, 1.165) is 87.9 Å². The zero-order chi connectivity index (χ0) is 67.7. The van der Waals surface area contributed by atoms with Crippen LogP contribution >= 0.6 is 0 Å². The number of imidazole rings is 1. The molecule has 0 fully saturated rings. The second-order valence-electron chi connectivity index (χ2n) is 24.7. The maximum atomic E-state index is 13.4. The Labute approximate surface area is 670 Å². The van der Waals surface area contributed by atoms with Crippen LogP contribution < -0.4 is 9.80 Å². The first-order chi connectivity index (χ1) is 49.1. The van der Waals surface area contributed by atoms with Crippen molar-refractivity contribution in [2.45, 2.75) is 13.8 Å². The van der Waals surface area contributed by atoms with Gasteiger partial charge in [-0.3, -0.25) is 9.37 Å². The number of aromatic nitrogens is 11. The van der Waals surface area contributed by atoms with Crippen LogP contribution in [0.1, 0.15) is 16.7 Å². The zero-order valence-electron chi connectivity index (χ0n) is 56.4. The van der Waals surface area contributed by atoms with Gasteiger partial charge in [-0.15, -0.1) is 111 Å². The summed E-state index contributed by atoms with van der Waals surface area (Å²) in [5.41, 5.74) is 20.3. The number of pyridine rings is 4. The number of para-hydroxylation sites is 3. The SMILES string of the molecule is CN(C)c1ccc2c(c1)c1ccc[c-]c1c1nccn21.CN1C=C2c3ccccc3-c3ccc[c-]c3N2[CH-]1.Cc1ccc(C)c2c1c1ccc[c-]c1c1nncn12.Fc1c[c-]c2c(c1)c1ccccc1n1cnnc21.[C-]#[N+]c1cccc(-c2cc[c-]c3c2c2ccccc2n2cnnc32)c1.[Ir].[Ir].[Ir].[Ir].[Ir]. The Hall–Kier alpha value is -10.1. The molecule has 0 amide bonds. The smallest absolute Gasteiger partial charge is 0.187 e. The quantitative estimate of drug-likeness (QED) is 0.122. The second kappa shape index (κ2) is 31.3. The molecule has 2 aliphatic heterocycles. The predicted molar refractivity (Wildman–Crippen MR) is 398 cm³/mol. The second-order valence-corrected chi connectivity index (χ2v) is 24.7. The molecule has 15 nitrogen and oxygen atoms in total. The number of hydrogen-bond acceptors (Lipinski definition) is 10. The van der Waals surface area contributed by atoms with Crippen LogP contribution in [0.2, 0.25) is 0 Å². The van der Waals surface area contributed by atoms with E-state index in [9.17, 15) is 4.39 Å². The molecule has 8 aromatic heterocycles. The fraction of sp³-hybridized carbons (Fsp3) is 0.0595. The predicted octanol–water partition coefficient (Wildman–Crippen LogP) is 18.3. The van der Waals surface area contributed by atoms with E-state index in [2.05, 4.69) is 227 Å². The van der Waals surface area contributed by atoms with Gasteiger partial charge >= 0.3 is 0 Å². The van der Waals surface area contributed by atoms with Crippen LogP contribution in [0.25, 0.3) is 142 Å². The number of aryl methyl sites for hydroxylation is 2. The Balaban J connectivity index is 0.000000122. The summed E-state index contributed by atoms with van der Waals surface area (Å²) in [7, 11) is 6.17. The van der Waals surface area contributed by atoms with Crippen molar-refractivity contribution in [3.05, 3.63) is 315 Å². The van der Waals surface area contributed by atoms with Crippen LogP contribution in [-0.2, 0) is 101 Å². The van der Waals surface area contributed by atoms with Gasteiger partial charge in [-0.1, -0.05) is 157 Å². The molecule has 105 heavy (non-hydrogen) atoms. The molecule has 0 atom stereocenters. The van der Waals surface area contributed by atoms with Crippen molar-refractivity contribution >= 4 is 132 Å². The van der Waals surface area contributed by atoms with E-state index in [4.69, 9.17) is 6.57 Å². The molecule has 10 heterocycles. The van der Waals surface area contributed by atoms with Crippen LogP contribution in [0.15, 0.2) is 244 Å². The molecular weight excluding hydrogens is 2200 g/mol. The monoisotopic (exact) mass is 2260 g/mol. The third-order valence-corrected chi connectivity index (χ3v) is 18.6. The van der Waals surface area contributed by atoms with Crippen molar-refractivity contribution in [1.82, 2.24) is 58.1 Å². The molecule has 0 aliphatic carbocycles. The van der Waals surface area contributed by atoms with Gasteiger partial charge in [0.05, 0.1) is 29.2 Å². The number of rotatable bonds is 2. The largest absolute Gasteiger partial charge is 0.510 e. The Bertz CT molecular complexity index is 6580. The first kappa shape index (κ1) is 74.6. The van der Waals surface area contributed by atoms with Crippen molar-refractivity contribution in [3.8, 4) is 22.3 Å². The van der Waals surface area contributed by atoms with Gasteiger partial charge in [0, 0.05) is 166 Å². The average Bonchev–Trinajstić information content (AvgIpc) is 1.65. The molecule has 525 valence electrons. The first-order valence-electron chi connectivity index (χ1n) is 32.4. The van der Waals surface area contributed by atoms with E-state index in [1.54, 1.807) is 19.0 Å². The topological polar surface area (TPSA) is 122 Å². The minimum atomic E-state index is -0.295. The van der Waals surface area contributed by atoms with E-state index < -0.39 is 0 Å². The van der Waals surface area contributed by atoms with Gasteiger partial charge < -0.3 is 32.3 Å². The van der Waals surface area contributed by atoms with Crippen LogP contribution in [0.5, 0.6) is 0 Å². The minimum Gasteiger partial charge on any atom is -0.510 e. The maximum Gasteiger partial charge on any atom is 0.187 e. The summed E-state index contributed by atoms with van der Waals surface area (Å²) >= 11 is 0. The minimum absolute atomic E-state index is 0. The van der Waals surface area contributed by atoms with Gasteiger partial charge in [-0.2, -0.15) is 46.2 Å². The van der Waals surface area contributed by atoms with Gasteiger partial charge in [0.2, 0.25) is 0 Å². The molecule has 21 rings (SSSR count). The van der Waals surface area contributed by atoms with E-state index >= 15 is 0 Å². The summed E-state index contributed by atoms with van der Waals surface area (Å²) in [6, 6.07) is 84.5. The number of halogens is 1. The summed E-state index contributed by atoms with van der Waals surface area (Å²) in [6.45, 7) is 13.6. The van der Waals surface area contributed by atoms with Gasteiger partial charge in [-0.05, 0) is 95.7 Å². The van der Waals surface area contributed by atoms with Crippen molar-refractivity contribution < 1.29 is 105 Å². The molecule has 0 saturated heterocycles. The zero-order valence-corrected chi connectivity index (χ0v) is 68.4. The molecule has 0 unspecified atom stereocenters. The Morgan fingerprint density at radius 3 is 1.81 bits per heavy atom. The Kier molecular flexibility index (Phi) is 22.2. The van der Waals surface area contributed by atoms with Gasteiger partial charge in [-0.25, -0.2) is 4.85 Å². The summed E-state index contributed by atoms with van der Waals surface area (Å²) in [5, 5.41) is 37.4. The number of nitrogens with zero attached hydrogens (tertiary/aromatic N) is 15. The number of hydrogen-bond donors (Lipinski definition) is 0. The Morgan fingerprint density at radius 1 is 0.476 bits per heavy atom. The van der Waals surface area contributed by atoms with Crippen LogP contribution in [0.4, 0.5) is 21.5 Å². The summed E-state index contributed by atoms with van der Waals surface area (Å²) < 4.78 is 21.5. The maximum absolute atomic E-state index is 13.4. The third-order valence-electron chi connectivity index (χ3n) is 18.6. The van der Waals surface area contributed by atoms with E-state index in [1.807, 2.05) is 130 Å². The Morgan fingerprint density at radius 2 is 1.07 bits per heavy atom. The number of benzene rings is 11. The van der Waals surface area contributed by atoms with E-state index in [-0.39, 0.29) is 106 Å². The third kappa shape index (κ3) is 13.2. The summed E-state index contributed by atoms with van der Waals surface area (Å²) in [6.07, 6.45) is 11.2. The molecule has 21 heteroatoms. The van der Waals surface area contributed by atoms with Gasteiger partial charge in [0.25, 0.3) is 0 Å². The normalized spacial score (nSPS) is 11.7. The number of anilines is 2. The molecule has 5 radical (unpaired) electrons. The summed E-state index contributed by atoms with van der Waals surface area (Å²) in [4.78, 5) is 14.4. The molecule has 2 aliphatic rings. The molecule has 0 spiro atoms. The molecule has 0 N–H and O–H groups in total. The van der Waals surface area contributed by atoms with Crippen molar-refractivity contribution in [3.63, 3.8) is 0 Å². The van der Waals surface area contributed by atoms with Crippen molar-refractivity contribution in [1.29, 1.82) is 0 Å². The van der Waals surface area contributed by atoms with Gasteiger partial charge in [0.1, 0.15) is 19.0 Å². The molecule has 19 aromatic rings. The fourth-order valence-corrected chi connectivity index (χ4v) is 14.1. The molecule has 0 bridgehead atoms.